The Morgan fingerprint density at radius 3 is 2.45 bits per heavy atom. The van der Waals surface area contributed by atoms with E-state index in [9.17, 15) is 4.39 Å². The van der Waals surface area contributed by atoms with Gasteiger partial charge in [0.1, 0.15) is 11.6 Å². The molecule has 1 aromatic heterocycles. The zero-order valence-corrected chi connectivity index (χ0v) is 13.0. The van der Waals surface area contributed by atoms with Crippen LogP contribution in [0, 0.1) is 26.6 Å². The number of anilines is 2. The van der Waals surface area contributed by atoms with Gasteiger partial charge >= 0.3 is 0 Å². The molecule has 0 amide bonds. The molecule has 3 rings (SSSR count). The van der Waals surface area contributed by atoms with Crippen LogP contribution in [0.2, 0.25) is 0 Å². The van der Waals surface area contributed by atoms with E-state index in [1.165, 1.54) is 12.1 Å². The number of methoxy groups -OCH3 is 1. The fourth-order valence-corrected chi connectivity index (χ4v) is 2.70. The molecule has 0 spiro atoms. The van der Waals surface area contributed by atoms with Crippen LogP contribution in [-0.2, 0) is 0 Å². The lowest BCUT2D eigenvalue weighted by molar-refractivity contribution is 0.412. The van der Waals surface area contributed by atoms with E-state index in [4.69, 9.17) is 4.74 Å². The highest BCUT2D eigenvalue weighted by molar-refractivity contribution is 5.84. The molecule has 1 heterocycles. The molecule has 2 N–H and O–H groups in total. The molecule has 0 saturated carbocycles. The Morgan fingerprint density at radius 1 is 1.14 bits per heavy atom. The molecule has 114 valence electrons. The smallest absolute Gasteiger partial charge is 0.205 e. The Labute approximate surface area is 128 Å². The number of imidazole rings is 1. The van der Waals surface area contributed by atoms with Gasteiger partial charge in [-0.25, -0.2) is 9.37 Å². The van der Waals surface area contributed by atoms with E-state index in [1.54, 1.807) is 7.11 Å². The number of ether oxygens (including phenoxy) is 1. The van der Waals surface area contributed by atoms with Crippen molar-refractivity contribution < 1.29 is 9.13 Å². The van der Waals surface area contributed by atoms with Gasteiger partial charge in [0.15, 0.2) is 0 Å². The van der Waals surface area contributed by atoms with Crippen LogP contribution in [-0.4, -0.2) is 17.1 Å². The number of hydrogen-bond donors (Lipinski definition) is 2. The number of nitrogens with one attached hydrogen (secondary N) is 2. The van der Waals surface area contributed by atoms with Crippen molar-refractivity contribution in [3.8, 4) is 5.75 Å². The number of benzene rings is 2. The minimum absolute atomic E-state index is 0.231. The lowest BCUT2D eigenvalue weighted by Crippen LogP contribution is -1.98. The largest absolute Gasteiger partial charge is 0.496 e. The first-order chi connectivity index (χ1) is 10.5. The monoisotopic (exact) mass is 299 g/mol. The molecule has 22 heavy (non-hydrogen) atoms. The second-order valence-electron chi connectivity index (χ2n) is 5.41. The summed E-state index contributed by atoms with van der Waals surface area (Å²) in [6, 6.07) is 6.86. The molecule has 0 aliphatic rings. The summed E-state index contributed by atoms with van der Waals surface area (Å²) in [6.45, 7) is 5.71. The summed E-state index contributed by atoms with van der Waals surface area (Å²) in [5, 5.41) is 3.25. The van der Waals surface area contributed by atoms with Crippen molar-refractivity contribution in [1.82, 2.24) is 9.97 Å². The van der Waals surface area contributed by atoms with Gasteiger partial charge in [-0.1, -0.05) is 0 Å². The maximum absolute atomic E-state index is 13.4. The maximum atomic E-state index is 13.4. The Hall–Kier alpha value is -2.56. The van der Waals surface area contributed by atoms with E-state index >= 15 is 0 Å². The van der Waals surface area contributed by atoms with Crippen LogP contribution >= 0.6 is 0 Å². The van der Waals surface area contributed by atoms with Crippen molar-refractivity contribution in [3.63, 3.8) is 0 Å². The predicted molar refractivity (Wildman–Crippen MR) is 86.5 cm³/mol. The van der Waals surface area contributed by atoms with Crippen LogP contribution in [0.4, 0.5) is 16.0 Å². The van der Waals surface area contributed by atoms with Gasteiger partial charge in [-0.15, -0.1) is 0 Å². The van der Waals surface area contributed by atoms with E-state index in [2.05, 4.69) is 15.3 Å². The SMILES string of the molecule is COc1ccc2[nH]c(Nc3c(C)cc(F)cc3C)nc2c1C. The van der Waals surface area contributed by atoms with Crippen LogP contribution < -0.4 is 10.1 Å². The highest BCUT2D eigenvalue weighted by Crippen LogP contribution is 2.29. The third-order valence-electron chi connectivity index (χ3n) is 3.82. The highest BCUT2D eigenvalue weighted by Gasteiger charge is 2.11. The molecule has 0 aliphatic carbocycles. The van der Waals surface area contributed by atoms with E-state index in [0.717, 1.165) is 39.2 Å². The van der Waals surface area contributed by atoms with Gasteiger partial charge < -0.3 is 15.0 Å². The number of hydrogen-bond acceptors (Lipinski definition) is 3. The van der Waals surface area contributed by atoms with Crippen LogP contribution in [0.5, 0.6) is 5.75 Å². The minimum Gasteiger partial charge on any atom is -0.496 e. The first kappa shape index (κ1) is 14.4. The number of rotatable bonds is 3. The Morgan fingerprint density at radius 2 is 1.82 bits per heavy atom. The Kier molecular flexibility index (Phi) is 3.48. The number of halogens is 1. The number of H-pyrrole nitrogens is 1. The Balaban J connectivity index is 2.03. The van der Waals surface area contributed by atoms with Crippen LogP contribution in [0.1, 0.15) is 16.7 Å². The molecule has 4 nitrogen and oxygen atoms in total. The van der Waals surface area contributed by atoms with Crippen molar-refractivity contribution in [2.45, 2.75) is 20.8 Å². The van der Waals surface area contributed by atoms with Gasteiger partial charge in [0.2, 0.25) is 5.95 Å². The number of aryl methyl sites for hydroxylation is 3. The molecular formula is C17H18FN3O. The zero-order chi connectivity index (χ0) is 15.9. The summed E-state index contributed by atoms with van der Waals surface area (Å²) >= 11 is 0. The van der Waals surface area contributed by atoms with E-state index < -0.39 is 0 Å². The van der Waals surface area contributed by atoms with Crippen molar-refractivity contribution >= 4 is 22.7 Å². The van der Waals surface area contributed by atoms with E-state index in [-0.39, 0.29) is 5.82 Å². The molecule has 2 aromatic carbocycles. The molecule has 0 aliphatic heterocycles. The molecule has 0 fully saturated rings. The lowest BCUT2D eigenvalue weighted by Gasteiger charge is -2.10. The van der Waals surface area contributed by atoms with Crippen LogP contribution in [0.3, 0.4) is 0 Å². The first-order valence-electron chi connectivity index (χ1n) is 7.06. The number of fused-ring (bicyclic) bond motifs is 1. The number of aromatic nitrogens is 2. The maximum Gasteiger partial charge on any atom is 0.205 e. The molecule has 0 radical (unpaired) electrons. The van der Waals surface area contributed by atoms with E-state index in [1.807, 2.05) is 32.9 Å². The average molecular weight is 299 g/mol. The van der Waals surface area contributed by atoms with Gasteiger partial charge in [0, 0.05) is 11.3 Å². The second-order valence-corrected chi connectivity index (χ2v) is 5.41. The van der Waals surface area contributed by atoms with Crippen molar-refractivity contribution in [2.24, 2.45) is 0 Å². The summed E-state index contributed by atoms with van der Waals surface area (Å²) in [5.41, 5.74) is 5.32. The molecule has 3 aromatic rings. The first-order valence-corrected chi connectivity index (χ1v) is 7.06. The topological polar surface area (TPSA) is 49.9 Å². The standard InChI is InChI=1S/C17H18FN3O/c1-9-7-12(18)8-10(2)15(9)20-17-19-13-5-6-14(22-4)11(3)16(13)21-17/h5-8H,1-4H3,(H2,19,20,21). The Bertz CT molecular complexity index is 831. The summed E-state index contributed by atoms with van der Waals surface area (Å²) in [5.74, 6) is 1.20. The van der Waals surface area contributed by atoms with E-state index in [0.29, 0.717) is 5.95 Å². The summed E-state index contributed by atoms with van der Waals surface area (Å²) < 4.78 is 18.7. The quantitative estimate of drug-likeness (QED) is 0.754. The normalized spacial score (nSPS) is 11.0. The van der Waals surface area contributed by atoms with Crippen molar-refractivity contribution in [3.05, 3.63) is 46.8 Å². The fraction of sp³-hybridized carbons (Fsp3) is 0.235. The molecule has 0 saturated heterocycles. The predicted octanol–water partition coefficient (Wildman–Crippen LogP) is 4.38. The van der Waals surface area contributed by atoms with Crippen molar-refractivity contribution in [1.29, 1.82) is 0 Å². The lowest BCUT2D eigenvalue weighted by atomic mass is 10.1. The average Bonchev–Trinajstić information content (AvgIpc) is 2.87. The molecule has 0 atom stereocenters. The van der Waals surface area contributed by atoms with Crippen LogP contribution in [0.15, 0.2) is 24.3 Å². The second kappa shape index (κ2) is 5.33. The van der Waals surface area contributed by atoms with Gasteiger partial charge in [-0.2, -0.15) is 0 Å². The molecule has 5 heteroatoms. The summed E-state index contributed by atoms with van der Waals surface area (Å²) in [7, 11) is 1.64. The third kappa shape index (κ3) is 2.39. The highest BCUT2D eigenvalue weighted by atomic mass is 19.1. The minimum atomic E-state index is -0.231. The zero-order valence-electron chi connectivity index (χ0n) is 13.0. The van der Waals surface area contributed by atoms with Crippen LogP contribution in [0.25, 0.3) is 11.0 Å². The third-order valence-corrected chi connectivity index (χ3v) is 3.82. The number of aromatic amines is 1. The van der Waals surface area contributed by atoms with Crippen molar-refractivity contribution in [2.75, 3.05) is 12.4 Å². The van der Waals surface area contributed by atoms with Gasteiger partial charge in [-0.3, -0.25) is 0 Å². The number of nitrogens with zero attached hydrogens (tertiary/aromatic N) is 1. The van der Waals surface area contributed by atoms with Gasteiger partial charge in [0.25, 0.3) is 0 Å². The fourth-order valence-electron chi connectivity index (χ4n) is 2.70. The molecule has 0 bridgehead atoms. The molecular weight excluding hydrogens is 281 g/mol. The summed E-state index contributed by atoms with van der Waals surface area (Å²) in [6.07, 6.45) is 0. The van der Waals surface area contributed by atoms with Gasteiger partial charge in [-0.05, 0) is 56.2 Å². The summed E-state index contributed by atoms with van der Waals surface area (Å²) in [4.78, 5) is 7.81. The van der Waals surface area contributed by atoms with Gasteiger partial charge in [0.05, 0.1) is 18.1 Å². The molecule has 0 unspecified atom stereocenters.